The molecule has 1 saturated heterocycles. The summed E-state index contributed by atoms with van der Waals surface area (Å²) < 4.78 is 5.97. The number of ether oxygens (including phenoxy) is 1. The van der Waals surface area contributed by atoms with E-state index in [9.17, 15) is 9.59 Å². The molecule has 1 aliphatic heterocycles. The summed E-state index contributed by atoms with van der Waals surface area (Å²) >= 11 is 0. The van der Waals surface area contributed by atoms with Crippen LogP contribution in [0.3, 0.4) is 0 Å². The molecule has 0 aromatic heterocycles. The topological polar surface area (TPSA) is 46.7 Å². The molecule has 1 spiro atoms. The van der Waals surface area contributed by atoms with Crippen LogP contribution < -0.4 is 0 Å². The maximum Gasteiger partial charge on any atom is 0.168 e. The van der Waals surface area contributed by atoms with E-state index in [0.29, 0.717) is 35.7 Å². The van der Waals surface area contributed by atoms with Gasteiger partial charge in [-0.05, 0) is 68.3 Å². The fraction of sp³-hybridized carbons (Fsp3) is 0.810. The van der Waals surface area contributed by atoms with E-state index >= 15 is 0 Å². The predicted molar refractivity (Wildman–Crippen MR) is 90.4 cm³/mol. The number of ketones is 2. The van der Waals surface area contributed by atoms with Gasteiger partial charge in [0.25, 0.3) is 0 Å². The zero-order chi connectivity index (χ0) is 16.9. The minimum absolute atomic E-state index is 0.0345. The first-order valence-corrected chi connectivity index (χ1v) is 9.78. The highest BCUT2D eigenvalue weighted by Gasteiger charge is 2.77. The summed E-state index contributed by atoms with van der Waals surface area (Å²) in [6.07, 6.45) is 8.99. The van der Waals surface area contributed by atoms with Crippen molar-refractivity contribution in [2.24, 2.45) is 28.6 Å². The van der Waals surface area contributed by atoms with E-state index in [2.05, 4.69) is 20.8 Å². The molecule has 7 atom stereocenters. The molecule has 3 saturated carbocycles. The van der Waals surface area contributed by atoms with Gasteiger partial charge in [-0.2, -0.15) is 0 Å². The van der Waals surface area contributed by atoms with E-state index in [0.717, 1.165) is 32.1 Å². The Hall–Kier alpha value is -0.960. The van der Waals surface area contributed by atoms with Gasteiger partial charge in [-0.25, -0.2) is 0 Å². The number of carbonyl (C=O) groups excluding carboxylic acids is 2. The van der Waals surface area contributed by atoms with Gasteiger partial charge in [0.05, 0.1) is 6.10 Å². The number of hydrogen-bond acceptors (Lipinski definition) is 3. The standard InChI is InChI=1S/C21H28O3/c1-12-21(24-12)18(23)11-17-15-5-4-13-10-14(22)6-8-19(13,2)16(15)7-9-20(17,21)3/h10,12,15-17H,4-9,11H2,1-3H3/t12?,15-,16+,17+,19+,20+,21-/m1/s1. The van der Waals surface area contributed by atoms with Crippen molar-refractivity contribution < 1.29 is 14.3 Å². The molecule has 0 aromatic carbocycles. The van der Waals surface area contributed by atoms with E-state index in [1.54, 1.807) is 0 Å². The van der Waals surface area contributed by atoms with Crippen LogP contribution in [0.25, 0.3) is 0 Å². The number of rotatable bonds is 0. The Kier molecular flexibility index (Phi) is 2.81. The van der Waals surface area contributed by atoms with Crippen molar-refractivity contribution >= 4 is 11.6 Å². The summed E-state index contributed by atoms with van der Waals surface area (Å²) in [6.45, 7) is 6.81. The Morgan fingerprint density at radius 1 is 1.08 bits per heavy atom. The number of fused-ring (bicyclic) bond motifs is 6. The van der Waals surface area contributed by atoms with Crippen molar-refractivity contribution in [3.05, 3.63) is 11.6 Å². The van der Waals surface area contributed by atoms with Gasteiger partial charge in [0.15, 0.2) is 17.2 Å². The normalized spacial score (nSPS) is 55.7. The molecule has 4 fully saturated rings. The van der Waals surface area contributed by atoms with Crippen molar-refractivity contribution in [2.45, 2.75) is 77.4 Å². The van der Waals surface area contributed by atoms with E-state index in [1.165, 1.54) is 12.0 Å². The van der Waals surface area contributed by atoms with Crippen LogP contribution >= 0.6 is 0 Å². The quantitative estimate of drug-likeness (QED) is 0.634. The third kappa shape index (κ3) is 1.54. The summed E-state index contributed by atoms with van der Waals surface area (Å²) in [5, 5.41) is 0. The lowest BCUT2D eigenvalue weighted by atomic mass is 9.46. The minimum Gasteiger partial charge on any atom is -0.357 e. The van der Waals surface area contributed by atoms with E-state index in [-0.39, 0.29) is 16.9 Å². The second kappa shape index (κ2) is 4.41. The van der Waals surface area contributed by atoms with Gasteiger partial charge in [-0.15, -0.1) is 0 Å². The SMILES string of the molecule is CC1O[C@@]12C(=O)C[C@H]1[C@@H]3CCC4=CC(=O)CC[C@]4(C)[C@H]3CC[C@@]12C. The lowest BCUT2D eigenvalue weighted by molar-refractivity contribution is -0.124. The third-order valence-corrected chi connectivity index (χ3v) is 8.90. The van der Waals surface area contributed by atoms with Gasteiger partial charge in [0.1, 0.15) is 0 Å². The molecule has 1 unspecified atom stereocenters. The summed E-state index contributed by atoms with van der Waals surface area (Å²) in [5.74, 6) is 2.43. The summed E-state index contributed by atoms with van der Waals surface area (Å²) in [4.78, 5) is 24.7. The van der Waals surface area contributed by atoms with Gasteiger partial charge in [-0.3, -0.25) is 9.59 Å². The Morgan fingerprint density at radius 2 is 1.83 bits per heavy atom. The maximum atomic E-state index is 12.8. The van der Waals surface area contributed by atoms with Gasteiger partial charge >= 0.3 is 0 Å². The molecule has 0 bridgehead atoms. The van der Waals surface area contributed by atoms with Crippen molar-refractivity contribution in [3.63, 3.8) is 0 Å². The van der Waals surface area contributed by atoms with Crippen LogP contribution in [-0.4, -0.2) is 23.3 Å². The van der Waals surface area contributed by atoms with Crippen LogP contribution in [-0.2, 0) is 14.3 Å². The fourth-order valence-electron chi connectivity index (χ4n) is 7.52. The number of hydrogen-bond donors (Lipinski definition) is 0. The lowest BCUT2D eigenvalue weighted by Crippen LogP contribution is -2.52. The molecule has 24 heavy (non-hydrogen) atoms. The Morgan fingerprint density at radius 3 is 2.54 bits per heavy atom. The Balaban J connectivity index is 1.53. The van der Waals surface area contributed by atoms with Crippen molar-refractivity contribution in [2.75, 3.05) is 0 Å². The first-order chi connectivity index (χ1) is 11.3. The van der Waals surface area contributed by atoms with Crippen LogP contribution in [0.4, 0.5) is 0 Å². The first-order valence-electron chi connectivity index (χ1n) is 9.78. The average Bonchev–Trinajstić information content (AvgIpc) is 3.18. The second-order valence-corrected chi connectivity index (χ2v) is 9.55. The summed E-state index contributed by atoms with van der Waals surface area (Å²) in [7, 11) is 0. The number of allylic oxidation sites excluding steroid dienone is 1. The number of epoxide rings is 1. The molecule has 130 valence electrons. The van der Waals surface area contributed by atoms with E-state index in [4.69, 9.17) is 4.74 Å². The van der Waals surface area contributed by atoms with Gasteiger partial charge in [0, 0.05) is 18.3 Å². The second-order valence-electron chi connectivity index (χ2n) is 9.55. The molecule has 5 rings (SSSR count). The van der Waals surface area contributed by atoms with Crippen LogP contribution in [0, 0.1) is 28.6 Å². The minimum atomic E-state index is -0.456. The highest BCUT2D eigenvalue weighted by atomic mass is 16.6. The van der Waals surface area contributed by atoms with Crippen molar-refractivity contribution in [1.29, 1.82) is 0 Å². The van der Waals surface area contributed by atoms with Crippen LogP contribution in [0.1, 0.15) is 65.7 Å². The van der Waals surface area contributed by atoms with Gasteiger partial charge in [0.2, 0.25) is 0 Å². The van der Waals surface area contributed by atoms with Gasteiger partial charge in [-0.1, -0.05) is 19.4 Å². The first kappa shape index (κ1) is 15.3. The molecule has 0 radical (unpaired) electrons. The molecule has 3 nitrogen and oxygen atoms in total. The molecular weight excluding hydrogens is 300 g/mol. The Labute approximate surface area is 144 Å². The molecule has 0 amide bonds. The molecule has 0 aromatic rings. The zero-order valence-electron chi connectivity index (χ0n) is 15.1. The van der Waals surface area contributed by atoms with E-state index < -0.39 is 5.60 Å². The highest BCUT2D eigenvalue weighted by molar-refractivity contribution is 5.94. The zero-order valence-corrected chi connectivity index (χ0v) is 15.1. The lowest BCUT2D eigenvalue weighted by Gasteiger charge is -2.57. The summed E-state index contributed by atoms with van der Waals surface area (Å²) in [5.41, 5.74) is 1.17. The molecule has 4 aliphatic carbocycles. The van der Waals surface area contributed by atoms with Crippen LogP contribution in [0.15, 0.2) is 11.6 Å². The van der Waals surface area contributed by atoms with Crippen LogP contribution in [0.2, 0.25) is 0 Å². The maximum absolute atomic E-state index is 12.8. The largest absolute Gasteiger partial charge is 0.357 e. The third-order valence-electron chi connectivity index (χ3n) is 8.90. The monoisotopic (exact) mass is 328 g/mol. The number of Topliss-reactive ketones (excluding diaryl/α,β-unsaturated/α-hetero) is 1. The van der Waals surface area contributed by atoms with Crippen LogP contribution in [0.5, 0.6) is 0 Å². The summed E-state index contributed by atoms with van der Waals surface area (Å²) in [6, 6.07) is 0. The predicted octanol–water partition coefficient (Wildman–Crippen LogP) is 3.85. The molecular formula is C21H28O3. The molecule has 0 N–H and O–H groups in total. The highest BCUT2D eigenvalue weighted by Crippen LogP contribution is 2.71. The average molecular weight is 328 g/mol. The van der Waals surface area contributed by atoms with E-state index in [1.807, 2.05) is 6.08 Å². The molecule has 5 aliphatic rings. The smallest absolute Gasteiger partial charge is 0.168 e. The number of carbonyl (C=O) groups is 2. The fourth-order valence-corrected chi connectivity index (χ4v) is 7.52. The molecule has 3 heteroatoms. The van der Waals surface area contributed by atoms with Crippen molar-refractivity contribution in [3.8, 4) is 0 Å². The van der Waals surface area contributed by atoms with Crippen molar-refractivity contribution in [1.82, 2.24) is 0 Å². The van der Waals surface area contributed by atoms with Gasteiger partial charge < -0.3 is 4.74 Å². The Bertz CT molecular complexity index is 679. The molecule has 1 heterocycles.